The molecule has 2 nitrogen and oxygen atoms in total. The average molecular weight is 200 g/mol. The number of rotatable bonds is 2. The van der Waals surface area contributed by atoms with E-state index in [2.05, 4.69) is 4.98 Å². The van der Waals surface area contributed by atoms with E-state index in [1.807, 2.05) is 12.3 Å². The zero-order chi connectivity index (χ0) is 8.27. The van der Waals surface area contributed by atoms with E-state index >= 15 is 0 Å². The Hall–Kier alpha value is 0.182. The lowest BCUT2D eigenvalue weighted by Gasteiger charge is -1.88. The Balaban J connectivity index is 2.80. The van der Waals surface area contributed by atoms with Crippen molar-refractivity contribution in [2.24, 2.45) is 0 Å². The summed E-state index contributed by atoms with van der Waals surface area (Å²) in [7, 11) is 1.23. The van der Waals surface area contributed by atoms with E-state index in [0.717, 1.165) is 11.4 Å². The topological polar surface area (TPSA) is 30.0 Å². The van der Waals surface area contributed by atoms with Gasteiger partial charge in [-0.3, -0.25) is 4.79 Å². The van der Waals surface area contributed by atoms with Crippen molar-refractivity contribution >= 4 is 41.7 Å². The van der Waals surface area contributed by atoms with E-state index in [-0.39, 0.29) is 5.12 Å². The first-order chi connectivity index (χ1) is 5.27. The minimum absolute atomic E-state index is 0.0688. The lowest BCUT2D eigenvalue weighted by molar-refractivity contribution is 0.108. The smallest absolute Gasteiger partial charge is 0.282 e. The first-order valence-corrected chi connectivity index (χ1v) is 6.78. The minimum atomic E-state index is 0.0688. The number of thiazole rings is 1. The molecule has 0 bridgehead atoms. The first kappa shape index (κ1) is 9.27. The molecule has 0 N–H and O–H groups in total. The molecule has 1 radical (unpaired) electrons. The molecule has 1 aromatic heterocycles. The van der Waals surface area contributed by atoms with Crippen molar-refractivity contribution in [1.29, 1.82) is 0 Å². The highest BCUT2D eigenvalue weighted by Gasteiger charge is 2.06. The van der Waals surface area contributed by atoms with Crippen LogP contribution in [0.1, 0.15) is 22.4 Å². The van der Waals surface area contributed by atoms with E-state index in [1.54, 1.807) is 26.5 Å². The highest BCUT2D eigenvalue weighted by atomic mass is 32.3. The van der Waals surface area contributed by atoms with Gasteiger partial charge in [0.25, 0.3) is 15.2 Å². The summed E-state index contributed by atoms with van der Waals surface area (Å²) in [6.07, 6.45) is 0.911. The summed E-state index contributed by atoms with van der Waals surface area (Å²) in [5, 5.41) is 2.92. The summed E-state index contributed by atoms with van der Waals surface area (Å²) < 4.78 is 0. The molecule has 11 heavy (non-hydrogen) atoms. The number of hydrogen-bond donors (Lipinski definition) is 0. The number of hydrogen-bond acceptors (Lipinski definition) is 4. The fraction of sp³-hybridized carbons (Fsp3) is 0.333. The van der Waals surface area contributed by atoms with Gasteiger partial charge in [-0.1, -0.05) is 6.92 Å². The fourth-order valence-electron chi connectivity index (χ4n) is 0.641. The molecule has 0 amide bonds. The van der Waals surface area contributed by atoms with Gasteiger partial charge in [0.15, 0.2) is 0 Å². The highest BCUT2D eigenvalue weighted by Crippen LogP contribution is 2.13. The Kier molecular flexibility index (Phi) is 3.60. The van der Waals surface area contributed by atoms with Crippen LogP contribution in [0.15, 0.2) is 5.38 Å². The van der Waals surface area contributed by atoms with Crippen LogP contribution in [0, 0.1) is 0 Å². The SMILES string of the molecule is CCc1nc(C(=O)[S][AlH])cs1. The maximum atomic E-state index is 11.1. The molecule has 0 aromatic carbocycles. The summed E-state index contributed by atoms with van der Waals surface area (Å²) in [4.78, 5) is 15.2. The van der Waals surface area contributed by atoms with Gasteiger partial charge in [0.05, 0.1) is 5.01 Å². The number of nitrogens with zero attached hydrogens (tertiary/aromatic N) is 1. The third kappa shape index (κ3) is 2.31. The molecule has 57 valence electrons. The Morgan fingerprint density at radius 2 is 2.64 bits per heavy atom. The van der Waals surface area contributed by atoms with Crippen molar-refractivity contribution in [3.8, 4) is 0 Å². The highest BCUT2D eigenvalue weighted by molar-refractivity contribution is 8.31. The summed E-state index contributed by atoms with van der Waals surface area (Å²) in [6.45, 7) is 2.04. The molecule has 0 atom stereocenters. The number of carbonyl (C=O) groups excluding carboxylic acids is 1. The second kappa shape index (κ2) is 4.27. The Morgan fingerprint density at radius 1 is 1.91 bits per heavy atom. The minimum Gasteiger partial charge on any atom is -0.282 e. The molecule has 1 aromatic rings. The molecule has 0 spiro atoms. The first-order valence-electron chi connectivity index (χ1n) is 3.18. The zero-order valence-corrected chi connectivity index (χ0v) is 9.21. The predicted octanol–water partition coefficient (Wildman–Crippen LogP) is 1.39. The van der Waals surface area contributed by atoms with Crippen molar-refractivity contribution in [2.75, 3.05) is 0 Å². The van der Waals surface area contributed by atoms with E-state index in [4.69, 9.17) is 0 Å². The van der Waals surface area contributed by atoms with E-state index in [9.17, 15) is 4.79 Å². The Bertz CT molecular complexity index is 261. The van der Waals surface area contributed by atoms with Crippen molar-refractivity contribution in [1.82, 2.24) is 4.98 Å². The van der Waals surface area contributed by atoms with Gasteiger partial charge >= 0.3 is 0 Å². The summed E-state index contributed by atoms with van der Waals surface area (Å²) in [6, 6.07) is 0. The second-order valence-electron chi connectivity index (χ2n) is 1.91. The molecule has 0 aliphatic heterocycles. The molecule has 0 aliphatic rings. The van der Waals surface area contributed by atoms with Crippen molar-refractivity contribution < 1.29 is 4.79 Å². The zero-order valence-electron chi connectivity index (χ0n) is 6.16. The number of aromatic nitrogens is 1. The summed E-state index contributed by atoms with van der Waals surface area (Å²) in [5.74, 6) is 0. The van der Waals surface area contributed by atoms with Gasteiger partial charge < -0.3 is 0 Å². The van der Waals surface area contributed by atoms with Crippen LogP contribution < -0.4 is 0 Å². The van der Waals surface area contributed by atoms with Crippen LogP contribution in [0.4, 0.5) is 0 Å². The number of aryl methyl sites for hydroxylation is 1. The lowest BCUT2D eigenvalue weighted by Crippen LogP contribution is -1.92. The molecule has 0 aliphatic carbocycles. The third-order valence-electron chi connectivity index (χ3n) is 1.19. The van der Waals surface area contributed by atoms with Crippen molar-refractivity contribution in [3.63, 3.8) is 0 Å². The number of carbonyl (C=O) groups is 1. The quantitative estimate of drug-likeness (QED) is 0.676. The molecule has 5 heteroatoms. The van der Waals surface area contributed by atoms with Crippen LogP contribution in [0.25, 0.3) is 0 Å². The Morgan fingerprint density at radius 3 is 3.09 bits per heavy atom. The van der Waals surface area contributed by atoms with E-state index in [1.165, 1.54) is 10.1 Å². The molecule has 1 rings (SSSR count). The summed E-state index contributed by atoms with van der Waals surface area (Å²) in [5.41, 5.74) is 0.604. The van der Waals surface area contributed by atoms with Gasteiger partial charge in [-0.15, -0.1) is 11.3 Å². The largest absolute Gasteiger partial charge is 0.287 e. The van der Waals surface area contributed by atoms with Gasteiger partial charge in [-0.05, 0) is 6.42 Å². The normalized spacial score (nSPS) is 9.91. The fourth-order valence-corrected chi connectivity index (χ4v) is 2.14. The van der Waals surface area contributed by atoms with Gasteiger partial charge in [0.1, 0.15) is 5.69 Å². The monoisotopic (exact) mass is 200 g/mol. The molecule has 1 heterocycles. The van der Waals surface area contributed by atoms with Gasteiger partial charge in [-0.25, -0.2) is 15.1 Å². The Labute approximate surface area is 80.9 Å². The maximum Gasteiger partial charge on any atom is 0.287 e. The molecule has 0 fully saturated rings. The molecule has 0 saturated carbocycles. The van der Waals surface area contributed by atoms with Gasteiger partial charge in [0, 0.05) is 5.38 Å². The van der Waals surface area contributed by atoms with Crippen LogP contribution in [0.2, 0.25) is 0 Å². The van der Waals surface area contributed by atoms with Crippen molar-refractivity contribution in [3.05, 3.63) is 16.1 Å². The molecule has 0 saturated heterocycles. The van der Waals surface area contributed by atoms with Crippen LogP contribution in [-0.2, 0) is 6.42 Å². The van der Waals surface area contributed by atoms with E-state index in [0.29, 0.717) is 5.69 Å². The van der Waals surface area contributed by atoms with Crippen LogP contribution in [-0.4, -0.2) is 25.3 Å². The molecular formula is C6H7AlNOS2. The van der Waals surface area contributed by atoms with Gasteiger partial charge in [-0.2, -0.15) is 0 Å². The molecular weight excluding hydrogens is 193 g/mol. The molecule has 0 unspecified atom stereocenters. The van der Waals surface area contributed by atoms with Crippen molar-refractivity contribution in [2.45, 2.75) is 13.3 Å². The predicted molar refractivity (Wildman–Crippen MR) is 50.6 cm³/mol. The van der Waals surface area contributed by atoms with Crippen LogP contribution in [0.3, 0.4) is 0 Å². The van der Waals surface area contributed by atoms with Crippen LogP contribution >= 0.6 is 21.5 Å². The summed E-state index contributed by atoms with van der Waals surface area (Å²) >= 11 is 3.14. The van der Waals surface area contributed by atoms with E-state index < -0.39 is 0 Å². The van der Waals surface area contributed by atoms with Gasteiger partial charge in [0.2, 0.25) is 5.12 Å². The lowest BCUT2D eigenvalue weighted by atomic mass is 10.5. The van der Waals surface area contributed by atoms with Crippen LogP contribution in [0.5, 0.6) is 0 Å². The third-order valence-corrected chi connectivity index (χ3v) is 3.45. The maximum absolute atomic E-state index is 11.1. The second-order valence-corrected chi connectivity index (χ2v) is 4.38. The standard InChI is InChI=1S/C6H7NOS2.Al.H/c1-2-5-7-4(3-10-5)6(8)9;;/h3H,2H2,1H3,(H,8,9);;/q;+1;/p-1. The average Bonchev–Trinajstić information content (AvgIpc) is 2.50.